The second-order valence-corrected chi connectivity index (χ2v) is 7.23. The molecule has 2 amide bonds. The van der Waals surface area contributed by atoms with E-state index in [2.05, 4.69) is 15.7 Å². The van der Waals surface area contributed by atoms with Gasteiger partial charge in [0.2, 0.25) is 0 Å². The van der Waals surface area contributed by atoms with Crippen LogP contribution >= 0.6 is 11.6 Å². The zero-order valence-electron chi connectivity index (χ0n) is 17.1. The van der Waals surface area contributed by atoms with Crippen molar-refractivity contribution in [2.24, 2.45) is 0 Å². The standard InChI is InChI=1S/C24H19ClN4O3/c1-32-20-13-11-18(12-14-20)27-24(31)21-15-26-29(19-5-3-2-4-6-19)22(21)28-23(30)16-7-9-17(25)10-8-16/h2-15H,1H3,(H,27,31)(H,28,30). The number of hydrogen-bond donors (Lipinski definition) is 2. The van der Waals surface area contributed by atoms with E-state index in [1.54, 1.807) is 55.6 Å². The number of anilines is 2. The lowest BCUT2D eigenvalue weighted by molar-refractivity contribution is 0.102. The van der Waals surface area contributed by atoms with E-state index in [9.17, 15) is 9.59 Å². The van der Waals surface area contributed by atoms with Crippen molar-refractivity contribution in [2.45, 2.75) is 0 Å². The van der Waals surface area contributed by atoms with E-state index in [0.717, 1.165) is 0 Å². The van der Waals surface area contributed by atoms with Crippen molar-refractivity contribution >= 4 is 34.9 Å². The SMILES string of the molecule is COc1ccc(NC(=O)c2cnn(-c3ccccc3)c2NC(=O)c2ccc(Cl)cc2)cc1. The molecule has 3 aromatic carbocycles. The van der Waals surface area contributed by atoms with Gasteiger partial charge in [0.25, 0.3) is 11.8 Å². The highest BCUT2D eigenvalue weighted by atomic mass is 35.5. The van der Waals surface area contributed by atoms with Gasteiger partial charge in [-0.25, -0.2) is 4.68 Å². The highest BCUT2D eigenvalue weighted by molar-refractivity contribution is 6.30. The predicted molar refractivity (Wildman–Crippen MR) is 124 cm³/mol. The third-order valence-corrected chi connectivity index (χ3v) is 4.95. The first-order valence-electron chi connectivity index (χ1n) is 9.71. The van der Waals surface area contributed by atoms with E-state index in [1.165, 1.54) is 10.9 Å². The van der Waals surface area contributed by atoms with Crippen LogP contribution in [0.15, 0.2) is 85.1 Å². The summed E-state index contributed by atoms with van der Waals surface area (Å²) >= 11 is 5.92. The van der Waals surface area contributed by atoms with E-state index < -0.39 is 11.8 Å². The van der Waals surface area contributed by atoms with Gasteiger partial charge in [-0.2, -0.15) is 5.10 Å². The lowest BCUT2D eigenvalue weighted by Crippen LogP contribution is -2.19. The maximum absolute atomic E-state index is 13.0. The highest BCUT2D eigenvalue weighted by Gasteiger charge is 2.21. The smallest absolute Gasteiger partial charge is 0.261 e. The van der Waals surface area contributed by atoms with Gasteiger partial charge in [-0.05, 0) is 60.7 Å². The monoisotopic (exact) mass is 446 g/mol. The van der Waals surface area contributed by atoms with Gasteiger partial charge in [0.1, 0.15) is 17.1 Å². The minimum absolute atomic E-state index is 0.215. The van der Waals surface area contributed by atoms with Crippen molar-refractivity contribution in [1.82, 2.24) is 9.78 Å². The molecular formula is C24H19ClN4O3. The van der Waals surface area contributed by atoms with Crippen LogP contribution in [-0.2, 0) is 0 Å². The van der Waals surface area contributed by atoms with Crippen molar-refractivity contribution in [2.75, 3.05) is 17.7 Å². The fourth-order valence-electron chi connectivity index (χ4n) is 3.05. The van der Waals surface area contributed by atoms with Crippen LogP contribution < -0.4 is 15.4 Å². The molecule has 0 aliphatic carbocycles. The minimum atomic E-state index is -0.413. The summed E-state index contributed by atoms with van der Waals surface area (Å²) in [6, 6.07) is 22.6. The largest absolute Gasteiger partial charge is 0.497 e. The van der Waals surface area contributed by atoms with Crippen LogP contribution in [0.1, 0.15) is 20.7 Å². The molecule has 0 saturated carbocycles. The highest BCUT2D eigenvalue weighted by Crippen LogP contribution is 2.23. The Labute approximate surface area is 189 Å². The molecule has 0 unspecified atom stereocenters. The molecule has 0 aliphatic heterocycles. The molecule has 2 N–H and O–H groups in total. The Kier molecular flexibility index (Phi) is 6.19. The molecule has 0 aliphatic rings. The van der Waals surface area contributed by atoms with Gasteiger partial charge in [-0.15, -0.1) is 0 Å². The lowest BCUT2D eigenvalue weighted by Gasteiger charge is -2.12. The van der Waals surface area contributed by atoms with E-state index in [0.29, 0.717) is 27.7 Å². The first kappa shape index (κ1) is 21.1. The van der Waals surface area contributed by atoms with Crippen LogP contribution in [0.3, 0.4) is 0 Å². The van der Waals surface area contributed by atoms with Gasteiger partial charge >= 0.3 is 0 Å². The molecule has 0 spiro atoms. The number of carbonyl (C=O) groups excluding carboxylic acids is 2. The molecule has 32 heavy (non-hydrogen) atoms. The van der Waals surface area contributed by atoms with Crippen molar-refractivity contribution in [3.8, 4) is 11.4 Å². The number of halogens is 1. The lowest BCUT2D eigenvalue weighted by atomic mass is 10.2. The summed E-state index contributed by atoms with van der Waals surface area (Å²) in [5, 5.41) is 10.5. The Morgan fingerprint density at radius 2 is 1.56 bits per heavy atom. The molecule has 0 saturated heterocycles. The Hall–Kier alpha value is -4.10. The summed E-state index contributed by atoms with van der Waals surface area (Å²) < 4.78 is 6.65. The van der Waals surface area contributed by atoms with Crippen LogP contribution in [0.5, 0.6) is 5.75 Å². The van der Waals surface area contributed by atoms with Gasteiger partial charge in [-0.3, -0.25) is 9.59 Å². The summed E-state index contributed by atoms with van der Waals surface area (Å²) in [4.78, 5) is 25.9. The van der Waals surface area contributed by atoms with Gasteiger partial charge in [-0.1, -0.05) is 29.8 Å². The Morgan fingerprint density at radius 3 is 2.22 bits per heavy atom. The first-order valence-corrected chi connectivity index (χ1v) is 10.1. The van der Waals surface area contributed by atoms with E-state index in [-0.39, 0.29) is 11.4 Å². The van der Waals surface area contributed by atoms with E-state index in [4.69, 9.17) is 16.3 Å². The molecular weight excluding hydrogens is 428 g/mol. The molecule has 1 aromatic heterocycles. The van der Waals surface area contributed by atoms with Gasteiger partial charge in [0, 0.05) is 16.3 Å². The normalized spacial score (nSPS) is 10.4. The minimum Gasteiger partial charge on any atom is -0.497 e. The number of nitrogens with one attached hydrogen (secondary N) is 2. The summed E-state index contributed by atoms with van der Waals surface area (Å²) in [5.41, 5.74) is 1.89. The van der Waals surface area contributed by atoms with E-state index in [1.807, 2.05) is 30.3 Å². The molecule has 1 heterocycles. The number of methoxy groups -OCH3 is 1. The van der Waals surface area contributed by atoms with E-state index >= 15 is 0 Å². The van der Waals surface area contributed by atoms with Crippen LogP contribution in [0.2, 0.25) is 5.02 Å². The van der Waals surface area contributed by atoms with Crippen molar-refractivity contribution < 1.29 is 14.3 Å². The zero-order valence-corrected chi connectivity index (χ0v) is 17.8. The summed E-state index contributed by atoms with van der Waals surface area (Å²) in [6.07, 6.45) is 1.42. The third-order valence-electron chi connectivity index (χ3n) is 4.70. The maximum Gasteiger partial charge on any atom is 0.261 e. The van der Waals surface area contributed by atoms with Crippen LogP contribution in [0, 0.1) is 0 Å². The molecule has 4 rings (SSSR count). The fraction of sp³-hybridized carbons (Fsp3) is 0.0417. The average Bonchev–Trinajstić information content (AvgIpc) is 3.24. The van der Waals surface area contributed by atoms with Crippen LogP contribution in [0.25, 0.3) is 5.69 Å². The van der Waals surface area contributed by atoms with Crippen LogP contribution in [-0.4, -0.2) is 28.7 Å². The number of benzene rings is 3. The zero-order chi connectivity index (χ0) is 22.5. The number of para-hydroxylation sites is 1. The Morgan fingerprint density at radius 1 is 0.875 bits per heavy atom. The molecule has 0 bridgehead atoms. The quantitative estimate of drug-likeness (QED) is 0.434. The maximum atomic E-state index is 13.0. The molecule has 4 aromatic rings. The second kappa shape index (κ2) is 9.36. The molecule has 0 radical (unpaired) electrons. The van der Waals surface area contributed by atoms with Crippen molar-refractivity contribution in [1.29, 1.82) is 0 Å². The van der Waals surface area contributed by atoms with Gasteiger partial charge in [0.05, 0.1) is 19.0 Å². The number of rotatable bonds is 6. The second-order valence-electron chi connectivity index (χ2n) is 6.80. The molecule has 0 fully saturated rings. The molecule has 0 atom stereocenters. The van der Waals surface area contributed by atoms with Gasteiger partial charge < -0.3 is 15.4 Å². The van der Waals surface area contributed by atoms with Crippen LogP contribution in [0.4, 0.5) is 11.5 Å². The number of aromatic nitrogens is 2. The topological polar surface area (TPSA) is 85.2 Å². The predicted octanol–water partition coefficient (Wildman–Crippen LogP) is 5.04. The summed E-state index contributed by atoms with van der Waals surface area (Å²) in [6.45, 7) is 0. The molecule has 8 heteroatoms. The molecule has 7 nitrogen and oxygen atoms in total. The Bertz CT molecular complexity index is 1240. The third kappa shape index (κ3) is 4.63. The first-order chi connectivity index (χ1) is 15.5. The average molecular weight is 447 g/mol. The summed E-state index contributed by atoms with van der Waals surface area (Å²) in [7, 11) is 1.57. The number of amides is 2. The molecule has 160 valence electrons. The number of nitrogens with zero attached hydrogens (tertiary/aromatic N) is 2. The Balaban J connectivity index is 1.67. The number of carbonyl (C=O) groups is 2. The van der Waals surface area contributed by atoms with Gasteiger partial charge in [0.15, 0.2) is 0 Å². The fourth-order valence-corrected chi connectivity index (χ4v) is 3.18. The summed E-state index contributed by atoms with van der Waals surface area (Å²) in [5.74, 6) is 0.125. The van der Waals surface area contributed by atoms with Crippen molar-refractivity contribution in [3.63, 3.8) is 0 Å². The number of hydrogen-bond acceptors (Lipinski definition) is 4. The number of ether oxygens (including phenoxy) is 1. The van der Waals surface area contributed by atoms with Crippen molar-refractivity contribution in [3.05, 3.63) is 101 Å².